The van der Waals surface area contributed by atoms with Crippen LogP contribution < -0.4 is 0 Å². The number of unbranched alkanes of at least 4 members (excludes halogenated alkanes) is 2. The molecule has 12 heavy (non-hydrogen) atoms. The van der Waals surface area contributed by atoms with E-state index in [2.05, 4.69) is 20.8 Å². The van der Waals surface area contributed by atoms with E-state index in [1.807, 2.05) is 0 Å². The summed E-state index contributed by atoms with van der Waals surface area (Å²) < 4.78 is 5.79. The molecule has 0 aromatic carbocycles. The fourth-order valence-electron chi connectivity index (χ4n) is 1.09. The second kappa shape index (κ2) is 9.61. The minimum atomic E-state index is -0.834. The van der Waals surface area contributed by atoms with Crippen LogP contribution in [0.4, 0.5) is 0 Å². The molecule has 0 saturated heterocycles. The number of rotatable bonds is 8. The van der Waals surface area contributed by atoms with Gasteiger partial charge >= 0.3 is 82.2 Å². The van der Waals surface area contributed by atoms with E-state index in [0.29, 0.717) is 0 Å². The van der Waals surface area contributed by atoms with Crippen molar-refractivity contribution in [3.05, 3.63) is 0 Å². The van der Waals surface area contributed by atoms with Crippen LogP contribution in [0.1, 0.15) is 46.5 Å². The van der Waals surface area contributed by atoms with Crippen molar-refractivity contribution in [2.24, 2.45) is 0 Å². The van der Waals surface area contributed by atoms with Gasteiger partial charge in [-0.3, -0.25) is 0 Å². The quantitative estimate of drug-likeness (QED) is 0.583. The Balaban J connectivity index is 3.40. The van der Waals surface area contributed by atoms with Crippen LogP contribution in [0.15, 0.2) is 0 Å². The Labute approximate surface area is 82.5 Å². The molecule has 0 radical (unpaired) electrons. The van der Waals surface area contributed by atoms with E-state index in [9.17, 15) is 0 Å². The van der Waals surface area contributed by atoms with Crippen LogP contribution in [0.2, 0.25) is 10.4 Å². The molecule has 0 aliphatic heterocycles. The van der Waals surface area contributed by atoms with Crippen molar-refractivity contribution in [1.29, 1.82) is 0 Å². The molecule has 0 N–H and O–H groups in total. The molecule has 0 unspecified atom stereocenters. The van der Waals surface area contributed by atoms with Crippen LogP contribution in [0.3, 0.4) is 0 Å². The monoisotopic (exact) mass is 234 g/mol. The third-order valence-electron chi connectivity index (χ3n) is 1.83. The molecule has 0 saturated carbocycles. The molecule has 2 heteroatoms. The van der Waals surface area contributed by atoms with Gasteiger partial charge in [0.1, 0.15) is 0 Å². The second-order valence-corrected chi connectivity index (χ2v) is 7.49. The zero-order chi connectivity index (χ0) is 9.23. The third kappa shape index (κ3) is 7.18. The molecule has 0 aromatic heterocycles. The Bertz CT molecular complexity index is 77.9. The van der Waals surface area contributed by atoms with Crippen molar-refractivity contribution in [2.45, 2.75) is 56.9 Å². The van der Waals surface area contributed by atoms with Crippen molar-refractivity contribution in [3.8, 4) is 0 Å². The van der Waals surface area contributed by atoms with E-state index in [0.717, 1.165) is 6.61 Å². The molecule has 0 bridgehead atoms. The normalized spacial score (nSPS) is 11.0. The van der Waals surface area contributed by atoms with Crippen molar-refractivity contribution < 1.29 is 3.73 Å². The van der Waals surface area contributed by atoms with Gasteiger partial charge in [0.05, 0.1) is 0 Å². The van der Waals surface area contributed by atoms with Crippen LogP contribution in [0.5, 0.6) is 0 Å². The summed E-state index contributed by atoms with van der Waals surface area (Å²) in [7, 11) is 0. The van der Waals surface area contributed by atoms with Crippen LogP contribution >= 0.6 is 0 Å². The van der Waals surface area contributed by atoms with Crippen molar-refractivity contribution in [2.75, 3.05) is 6.61 Å². The fourth-order valence-corrected chi connectivity index (χ4v) is 5.68. The van der Waals surface area contributed by atoms with Gasteiger partial charge in [0, 0.05) is 0 Å². The van der Waals surface area contributed by atoms with Gasteiger partial charge in [-0.15, -0.1) is 0 Å². The zero-order valence-electron chi connectivity index (χ0n) is 8.81. The first-order valence-electron chi connectivity index (χ1n) is 5.23. The summed E-state index contributed by atoms with van der Waals surface area (Å²) in [5.41, 5.74) is 0. The molecule has 0 atom stereocenters. The SMILES string of the molecule is CCCC[As](CCCC)OCC. The van der Waals surface area contributed by atoms with Crippen LogP contribution in [-0.4, -0.2) is 21.6 Å². The van der Waals surface area contributed by atoms with Gasteiger partial charge in [-0.25, -0.2) is 0 Å². The molecular weight excluding hydrogens is 211 g/mol. The predicted molar refractivity (Wildman–Crippen MR) is 56.8 cm³/mol. The summed E-state index contributed by atoms with van der Waals surface area (Å²) in [4.78, 5) is 0. The van der Waals surface area contributed by atoms with E-state index < -0.39 is 15.0 Å². The molecular formula is C10H23AsO. The van der Waals surface area contributed by atoms with Gasteiger partial charge in [-0.05, 0) is 0 Å². The Morgan fingerprint density at radius 3 is 1.75 bits per heavy atom. The molecule has 0 rings (SSSR count). The van der Waals surface area contributed by atoms with Gasteiger partial charge in [0.15, 0.2) is 0 Å². The molecule has 0 aliphatic rings. The van der Waals surface area contributed by atoms with Gasteiger partial charge in [-0.2, -0.15) is 0 Å². The molecule has 0 fully saturated rings. The molecule has 0 heterocycles. The Kier molecular flexibility index (Phi) is 10.0. The summed E-state index contributed by atoms with van der Waals surface area (Å²) in [5, 5.41) is 2.80. The van der Waals surface area contributed by atoms with E-state index in [1.54, 1.807) is 0 Å². The van der Waals surface area contributed by atoms with Crippen LogP contribution in [0, 0.1) is 0 Å². The van der Waals surface area contributed by atoms with Crippen molar-refractivity contribution in [1.82, 2.24) is 0 Å². The molecule has 0 aromatic rings. The first-order valence-corrected chi connectivity index (χ1v) is 8.65. The Hall–Kier alpha value is 0.518. The summed E-state index contributed by atoms with van der Waals surface area (Å²) in [6, 6.07) is 0. The molecule has 0 aliphatic carbocycles. The first-order chi connectivity index (χ1) is 5.85. The first kappa shape index (κ1) is 12.5. The predicted octanol–water partition coefficient (Wildman–Crippen LogP) is 3.61. The van der Waals surface area contributed by atoms with Crippen molar-refractivity contribution >= 4 is 15.0 Å². The average molecular weight is 234 g/mol. The fraction of sp³-hybridized carbons (Fsp3) is 1.00. The zero-order valence-corrected chi connectivity index (χ0v) is 10.7. The van der Waals surface area contributed by atoms with Crippen LogP contribution in [-0.2, 0) is 3.73 Å². The van der Waals surface area contributed by atoms with Crippen molar-refractivity contribution in [3.63, 3.8) is 0 Å². The molecule has 1 nitrogen and oxygen atoms in total. The van der Waals surface area contributed by atoms with E-state index in [1.165, 1.54) is 36.1 Å². The maximum atomic E-state index is 5.79. The van der Waals surface area contributed by atoms with Gasteiger partial charge in [0.2, 0.25) is 0 Å². The molecule has 0 spiro atoms. The van der Waals surface area contributed by atoms with E-state index in [4.69, 9.17) is 3.73 Å². The number of hydrogen-bond donors (Lipinski definition) is 0. The minimum absolute atomic E-state index is 0.834. The summed E-state index contributed by atoms with van der Waals surface area (Å²) in [5.74, 6) is 0. The van der Waals surface area contributed by atoms with Gasteiger partial charge < -0.3 is 0 Å². The van der Waals surface area contributed by atoms with Crippen LogP contribution in [0.25, 0.3) is 0 Å². The summed E-state index contributed by atoms with van der Waals surface area (Å²) in [6.45, 7) is 7.59. The Morgan fingerprint density at radius 1 is 0.917 bits per heavy atom. The summed E-state index contributed by atoms with van der Waals surface area (Å²) >= 11 is -0.834. The average Bonchev–Trinajstić information content (AvgIpc) is 2.10. The topological polar surface area (TPSA) is 9.23 Å². The van der Waals surface area contributed by atoms with E-state index >= 15 is 0 Å². The van der Waals surface area contributed by atoms with Gasteiger partial charge in [-0.1, -0.05) is 0 Å². The second-order valence-electron chi connectivity index (χ2n) is 3.05. The number of hydrogen-bond acceptors (Lipinski definition) is 1. The molecule has 74 valence electrons. The summed E-state index contributed by atoms with van der Waals surface area (Å²) in [6.07, 6.45) is 5.41. The van der Waals surface area contributed by atoms with E-state index in [-0.39, 0.29) is 0 Å². The Morgan fingerprint density at radius 2 is 1.42 bits per heavy atom. The standard InChI is InChI=1S/C10H23AsO/c1-4-7-9-11(12-6-3)10-8-5-2/h4-10H2,1-3H3. The third-order valence-corrected chi connectivity index (χ3v) is 6.56. The van der Waals surface area contributed by atoms with Gasteiger partial charge in [0.25, 0.3) is 0 Å². The molecule has 0 amide bonds. The maximum absolute atomic E-state index is 5.79.